The third-order valence-corrected chi connectivity index (χ3v) is 3.36. The van der Waals surface area contributed by atoms with E-state index in [0.29, 0.717) is 0 Å². The summed E-state index contributed by atoms with van der Waals surface area (Å²) < 4.78 is 15.2. The van der Waals surface area contributed by atoms with Gasteiger partial charge in [0.1, 0.15) is 5.82 Å². The van der Waals surface area contributed by atoms with Gasteiger partial charge in [-0.15, -0.1) is 0 Å². The molecule has 17 heavy (non-hydrogen) atoms. The Morgan fingerprint density at radius 2 is 2.35 bits per heavy atom. The molecule has 1 unspecified atom stereocenters. The van der Waals surface area contributed by atoms with Crippen LogP contribution in [0.15, 0.2) is 30.6 Å². The zero-order valence-corrected chi connectivity index (χ0v) is 9.65. The molecule has 0 radical (unpaired) electrons. The predicted molar refractivity (Wildman–Crippen MR) is 64.6 cm³/mol. The minimum atomic E-state index is -0.170. The van der Waals surface area contributed by atoms with Gasteiger partial charge in [-0.1, -0.05) is 6.07 Å². The second-order valence-corrected chi connectivity index (χ2v) is 4.36. The van der Waals surface area contributed by atoms with Crippen molar-refractivity contribution < 1.29 is 4.39 Å². The molecule has 1 aromatic carbocycles. The van der Waals surface area contributed by atoms with Gasteiger partial charge in [0.05, 0.1) is 17.9 Å². The van der Waals surface area contributed by atoms with Gasteiger partial charge in [-0.3, -0.25) is 4.68 Å². The molecule has 1 aromatic heterocycles. The van der Waals surface area contributed by atoms with Gasteiger partial charge >= 0.3 is 0 Å². The van der Waals surface area contributed by atoms with Gasteiger partial charge in [0, 0.05) is 13.2 Å². The summed E-state index contributed by atoms with van der Waals surface area (Å²) in [4.78, 5) is 0. The first-order chi connectivity index (χ1) is 8.28. The third kappa shape index (κ3) is 1.69. The first kappa shape index (κ1) is 10.3. The van der Waals surface area contributed by atoms with Gasteiger partial charge in [0.15, 0.2) is 0 Å². The first-order valence-electron chi connectivity index (χ1n) is 5.78. The number of halogens is 1. The van der Waals surface area contributed by atoms with Crippen molar-refractivity contribution in [1.82, 2.24) is 9.78 Å². The number of benzene rings is 1. The number of rotatable bonds is 2. The maximum Gasteiger partial charge on any atom is 0.123 e. The number of nitrogens with one attached hydrogen (secondary N) is 1. The Morgan fingerprint density at radius 1 is 1.47 bits per heavy atom. The standard InChI is InChI=1S/C13H14FN3/c1-15-11-7-16-17(8-11)13-5-3-9-2-4-10(14)6-12(9)13/h2,4,6-8,13,15H,3,5H2,1H3. The van der Waals surface area contributed by atoms with Crippen LogP contribution in [0.1, 0.15) is 23.6 Å². The van der Waals surface area contributed by atoms with E-state index in [9.17, 15) is 4.39 Å². The Bertz CT molecular complexity index is 547. The van der Waals surface area contributed by atoms with Crippen molar-refractivity contribution in [3.8, 4) is 0 Å². The summed E-state index contributed by atoms with van der Waals surface area (Å²) in [6.07, 6.45) is 5.74. The van der Waals surface area contributed by atoms with Crippen molar-refractivity contribution in [3.05, 3.63) is 47.5 Å². The molecule has 0 fully saturated rings. The maximum atomic E-state index is 13.3. The molecule has 0 bridgehead atoms. The monoisotopic (exact) mass is 231 g/mol. The lowest BCUT2D eigenvalue weighted by Gasteiger charge is -2.12. The minimum absolute atomic E-state index is 0.169. The van der Waals surface area contributed by atoms with Gasteiger partial charge in [0.25, 0.3) is 0 Å². The summed E-state index contributed by atoms with van der Waals surface area (Å²) in [7, 11) is 1.86. The summed E-state index contributed by atoms with van der Waals surface area (Å²) in [6, 6.07) is 5.22. The molecule has 1 N–H and O–H groups in total. The molecule has 88 valence electrons. The first-order valence-corrected chi connectivity index (χ1v) is 5.78. The molecule has 2 aromatic rings. The largest absolute Gasteiger partial charge is 0.386 e. The van der Waals surface area contributed by atoms with E-state index in [0.717, 1.165) is 24.1 Å². The molecule has 0 spiro atoms. The van der Waals surface area contributed by atoms with Gasteiger partial charge in [-0.2, -0.15) is 5.10 Å². The summed E-state index contributed by atoms with van der Waals surface area (Å²) in [5, 5.41) is 7.38. The predicted octanol–water partition coefficient (Wildman–Crippen LogP) is 2.60. The van der Waals surface area contributed by atoms with Gasteiger partial charge in [-0.25, -0.2) is 4.39 Å². The Hall–Kier alpha value is -1.84. The molecule has 1 heterocycles. The second kappa shape index (κ2) is 3.87. The summed E-state index contributed by atoms with van der Waals surface area (Å²) in [5.74, 6) is -0.170. The third-order valence-electron chi connectivity index (χ3n) is 3.36. The highest BCUT2D eigenvalue weighted by atomic mass is 19.1. The van der Waals surface area contributed by atoms with Crippen LogP contribution in [0.3, 0.4) is 0 Å². The van der Waals surface area contributed by atoms with Gasteiger partial charge in [0.2, 0.25) is 0 Å². The van der Waals surface area contributed by atoms with E-state index in [1.54, 1.807) is 12.3 Å². The SMILES string of the molecule is CNc1cnn(C2CCc3ccc(F)cc32)c1. The van der Waals surface area contributed by atoms with Gasteiger partial charge in [-0.05, 0) is 36.1 Å². The van der Waals surface area contributed by atoms with Crippen molar-refractivity contribution in [3.63, 3.8) is 0 Å². The Balaban J connectivity index is 2.00. The number of nitrogens with zero attached hydrogens (tertiary/aromatic N) is 2. The molecule has 3 nitrogen and oxygen atoms in total. The smallest absolute Gasteiger partial charge is 0.123 e. The van der Waals surface area contributed by atoms with E-state index in [-0.39, 0.29) is 11.9 Å². The topological polar surface area (TPSA) is 29.9 Å². The second-order valence-electron chi connectivity index (χ2n) is 4.36. The zero-order chi connectivity index (χ0) is 11.8. The number of aryl methyl sites for hydroxylation is 1. The van der Waals surface area contributed by atoms with Crippen LogP contribution in [0.2, 0.25) is 0 Å². The maximum absolute atomic E-state index is 13.3. The van der Waals surface area contributed by atoms with Crippen molar-refractivity contribution in [2.75, 3.05) is 12.4 Å². The van der Waals surface area contributed by atoms with Crippen molar-refractivity contribution in [1.29, 1.82) is 0 Å². The van der Waals surface area contributed by atoms with Crippen LogP contribution in [0.5, 0.6) is 0 Å². The molecule has 0 saturated carbocycles. The summed E-state index contributed by atoms with van der Waals surface area (Å²) >= 11 is 0. The molecule has 1 aliphatic carbocycles. The van der Waals surface area contributed by atoms with Crippen molar-refractivity contribution in [2.45, 2.75) is 18.9 Å². The van der Waals surface area contributed by atoms with Crippen LogP contribution < -0.4 is 5.32 Å². The average molecular weight is 231 g/mol. The normalized spacial score (nSPS) is 18.1. The van der Waals surface area contributed by atoms with Crippen molar-refractivity contribution in [2.24, 2.45) is 0 Å². The Morgan fingerprint density at radius 3 is 3.12 bits per heavy atom. The Labute approximate surface area is 99.3 Å². The molecule has 0 amide bonds. The molecule has 4 heteroatoms. The number of hydrogen-bond acceptors (Lipinski definition) is 2. The quantitative estimate of drug-likeness (QED) is 0.861. The number of fused-ring (bicyclic) bond motifs is 1. The van der Waals surface area contributed by atoms with Crippen molar-refractivity contribution >= 4 is 5.69 Å². The van der Waals surface area contributed by atoms with E-state index < -0.39 is 0 Å². The van der Waals surface area contributed by atoms with E-state index in [4.69, 9.17) is 0 Å². The molecular weight excluding hydrogens is 217 g/mol. The van der Waals surface area contributed by atoms with E-state index >= 15 is 0 Å². The number of aromatic nitrogens is 2. The summed E-state index contributed by atoms with van der Waals surface area (Å²) in [6.45, 7) is 0. The van der Waals surface area contributed by atoms with Crippen LogP contribution in [0.4, 0.5) is 10.1 Å². The Kier molecular flexibility index (Phi) is 2.35. The van der Waals surface area contributed by atoms with Crippen LogP contribution in [0, 0.1) is 5.82 Å². The highest BCUT2D eigenvalue weighted by Gasteiger charge is 2.24. The fourth-order valence-electron chi connectivity index (χ4n) is 2.46. The lowest BCUT2D eigenvalue weighted by atomic mass is 10.1. The lowest BCUT2D eigenvalue weighted by molar-refractivity contribution is 0.517. The highest BCUT2D eigenvalue weighted by Crippen LogP contribution is 2.34. The lowest BCUT2D eigenvalue weighted by Crippen LogP contribution is -2.07. The average Bonchev–Trinajstić information content (AvgIpc) is 2.93. The zero-order valence-electron chi connectivity index (χ0n) is 9.65. The number of hydrogen-bond donors (Lipinski definition) is 1. The fourth-order valence-corrected chi connectivity index (χ4v) is 2.46. The van der Waals surface area contributed by atoms with E-state index in [2.05, 4.69) is 10.4 Å². The molecule has 0 aliphatic heterocycles. The molecule has 0 saturated heterocycles. The van der Waals surface area contributed by atoms with Crippen LogP contribution in [0.25, 0.3) is 0 Å². The fraction of sp³-hybridized carbons (Fsp3) is 0.308. The van der Waals surface area contributed by atoms with Crippen LogP contribution >= 0.6 is 0 Å². The van der Waals surface area contributed by atoms with Crippen LogP contribution in [-0.2, 0) is 6.42 Å². The number of anilines is 1. The molecule has 1 atom stereocenters. The summed E-state index contributed by atoms with van der Waals surface area (Å²) in [5.41, 5.74) is 3.28. The minimum Gasteiger partial charge on any atom is -0.386 e. The van der Waals surface area contributed by atoms with Crippen LogP contribution in [-0.4, -0.2) is 16.8 Å². The molecular formula is C13H14FN3. The van der Waals surface area contributed by atoms with Gasteiger partial charge < -0.3 is 5.32 Å². The highest BCUT2D eigenvalue weighted by molar-refractivity contribution is 5.40. The van der Waals surface area contributed by atoms with E-state index in [1.165, 1.54) is 11.6 Å². The molecule has 1 aliphatic rings. The molecule has 3 rings (SSSR count). The van der Waals surface area contributed by atoms with E-state index in [1.807, 2.05) is 24.0 Å².